The Bertz CT molecular complexity index is 366. The third-order valence-electron chi connectivity index (χ3n) is 3.70. The molecule has 4 heteroatoms. The highest BCUT2D eigenvalue weighted by Gasteiger charge is 2.25. The first-order valence-corrected chi connectivity index (χ1v) is 6.44. The minimum atomic E-state index is 0.558. The highest BCUT2D eigenvalue weighted by atomic mass is 15.2. The zero-order chi connectivity index (χ0) is 12.3. The van der Waals surface area contributed by atoms with E-state index in [2.05, 4.69) is 34.0 Å². The van der Waals surface area contributed by atoms with E-state index in [0.717, 1.165) is 30.5 Å². The molecule has 94 valence electrons. The van der Waals surface area contributed by atoms with E-state index in [1.807, 2.05) is 19.4 Å². The SMILES string of the molecule is CNCc1cncc(N2CCCC(C)C2C)n1. The van der Waals surface area contributed by atoms with Crippen LogP contribution in [0, 0.1) is 5.92 Å². The largest absolute Gasteiger partial charge is 0.352 e. The van der Waals surface area contributed by atoms with Crippen molar-refractivity contribution in [2.75, 3.05) is 18.5 Å². The van der Waals surface area contributed by atoms with Crippen LogP contribution in [-0.4, -0.2) is 29.6 Å². The molecule has 1 N–H and O–H groups in total. The van der Waals surface area contributed by atoms with E-state index in [9.17, 15) is 0 Å². The Morgan fingerprint density at radius 3 is 3.00 bits per heavy atom. The molecular formula is C13H22N4. The molecule has 4 nitrogen and oxygen atoms in total. The number of aromatic nitrogens is 2. The van der Waals surface area contributed by atoms with Gasteiger partial charge in [0, 0.05) is 25.3 Å². The highest BCUT2D eigenvalue weighted by Crippen LogP contribution is 2.26. The molecule has 0 amide bonds. The molecule has 2 heterocycles. The maximum absolute atomic E-state index is 4.67. The third kappa shape index (κ3) is 2.75. The van der Waals surface area contributed by atoms with Crippen molar-refractivity contribution in [1.29, 1.82) is 0 Å². The minimum Gasteiger partial charge on any atom is -0.352 e. The zero-order valence-electron chi connectivity index (χ0n) is 11.0. The van der Waals surface area contributed by atoms with Gasteiger partial charge in [0.05, 0.1) is 11.9 Å². The molecule has 1 fully saturated rings. The van der Waals surface area contributed by atoms with Crippen LogP contribution in [0.4, 0.5) is 5.82 Å². The van der Waals surface area contributed by atoms with Gasteiger partial charge in [-0.05, 0) is 32.7 Å². The molecule has 1 saturated heterocycles. The summed E-state index contributed by atoms with van der Waals surface area (Å²) in [7, 11) is 1.93. The lowest BCUT2D eigenvalue weighted by atomic mass is 9.92. The van der Waals surface area contributed by atoms with Crippen molar-refractivity contribution >= 4 is 5.82 Å². The van der Waals surface area contributed by atoms with Gasteiger partial charge >= 0.3 is 0 Å². The van der Waals surface area contributed by atoms with Gasteiger partial charge < -0.3 is 10.2 Å². The lowest BCUT2D eigenvalue weighted by Gasteiger charge is -2.38. The summed E-state index contributed by atoms with van der Waals surface area (Å²) >= 11 is 0. The topological polar surface area (TPSA) is 41.1 Å². The number of nitrogens with zero attached hydrogens (tertiary/aromatic N) is 3. The minimum absolute atomic E-state index is 0.558. The molecule has 1 aromatic rings. The molecule has 0 bridgehead atoms. The number of hydrogen-bond acceptors (Lipinski definition) is 4. The first kappa shape index (κ1) is 12.3. The first-order valence-electron chi connectivity index (χ1n) is 6.44. The summed E-state index contributed by atoms with van der Waals surface area (Å²) in [5.41, 5.74) is 1.01. The molecule has 0 spiro atoms. The summed E-state index contributed by atoms with van der Waals surface area (Å²) in [4.78, 5) is 11.4. The summed E-state index contributed by atoms with van der Waals surface area (Å²) in [5.74, 6) is 1.76. The fraction of sp³-hybridized carbons (Fsp3) is 0.692. The van der Waals surface area contributed by atoms with E-state index in [-0.39, 0.29) is 0 Å². The van der Waals surface area contributed by atoms with E-state index in [1.54, 1.807) is 0 Å². The fourth-order valence-corrected chi connectivity index (χ4v) is 2.46. The van der Waals surface area contributed by atoms with Gasteiger partial charge in [-0.2, -0.15) is 0 Å². The Hall–Kier alpha value is -1.16. The molecule has 2 atom stereocenters. The van der Waals surface area contributed by atoms with E-state index in [1.165, 1.54) is 12.8 Å². The van der Waals surface area contributed by atoms with Crippen molar-refractivity contribution in [2.24, 2.45) is 5.92 Å². The second-order valence-corrected chi connectivity index (χ2v) is 4.95. The Kier molecular flexibility index (Phi) is 3.94. The maximum atomic E-state index is 4.67. The molecule has 1 aromatic heterocycles. The van der Waals surface area contributed by atoms with Crippen LogP contribution < -0.4 is 10.2 Å². The van der Waals surface area contributed by atoms with Crippen LogP contribution in [0.15, 0.2) is 12.4 Å². The number of hydrogen-bond donors (Lipinski definition) is 1. The Morgan fingerprint density at radius 2 is 2.24 bits per heavy atom. The third-order valence-corrected chi connectivity index (χ3v) is 3.70. The average Bonchev–Trinajstić information content (AvgIpc) is 2.33. The molecule has 1 aliphatic rings. The second-order valence-electron chi connectivity index (χ2n) is 4.95. The summed E-state index contributed by atoms with van der Waals surface area (Å²) in [6, 6.07) is 0.558. The molecular weight excluding hydrogens is 212 g/mol. The Balaban J connectivity index is 2.17. The van der Waals surface area contributed by atoms with Crippen molar-refractivity contribution in [3.63, 3.8) is 0 Å². The number of rotatable bonds is 3. The highest BCUT2D eigenvalue weighted by molar-refractivity contribution is 5.38. The van der Waals surface area contributed by atoms with Crippen LogP contribution in [0.25, 0.3) is 0 Å². The first-order chi connectivity index (χ1) is 8.22. The van der Waals surface area contributed by atoms with E-state index < -0.39 is 0 Å². The van der Waals surface area contributed by atoms with Crippen molar-refractivity contribution in [1.82, 2.24) is 15.3 Å². The van der Waals surface area contributed by atoms with Gasteiger partial charge in [-0.25, -0.2) is 4.98 Å². The monoisotopic (exact) mass is 234 g/mol. The predicted molar refractivity (Wildman–Crippen MR) is 70.0 cm³/mol. The molecule has 2 rings (SSSR count). The van der Waals surface area contributed by atoms with Crippen LogP contribution >= 0.6 is 0 Å². The van der Waals surface area contributed by atoms with Gasteiger partial charge in [0.25, 0.3) is 0 Å². The van der Waals surface area contributed by atoms with Crippen LogP contribution in [0.5, 0.6) is 0 Å². The van der Waals surface area contributed by atoms with Crippen LogP contribution in [0.2, 0.25) is 0 Å². The van der Waals surface area contributed by atoms with Gasteiger partial charge in [0.1, 0.15) is 5.82 Å². The summed E-state index contributed by atoms with van der Waals surface area (Å²) in [6.07, 6.45) is 6.29. The fourth-order valence-electron chi connectivity index (χ4n) is 2.46. The Labute approximate surface area is 103 Å². The van der Waals surface area contributed by atoms with E-state index in [4.69, 9.17) is 0 Å². The average molecular weight is 234 g/mol. The lowest BCUT2D eigenvalue weighted by molar-refractivity contribution is 0.361. The van der Waals surface area contributed by atoms with Crippen LogP contribution in [0.1, 0.15) is 32.4 Å². The summed E-state index contributed by atoms with van der Waals surface area (Å²) < 4.78 is 0. The number of anilines is 1. The zero-order valence-corrected chi connectivity index (χ0v) is 11.0. The summed E-state index contributed by atoms with van der Waals surface area (Å²) in [5, 5.41) is 3.11. The molecule has 0 radical (unpaired) electrons. The summed E-state index contributed by atoms with van der Waals surface area (Å²) in [6.45, 7) is 6.49. The lowest BCUT2D eigenvalue weighted by Crippen LogP contribution is -2.43. The second kappa shape index (κ2) is 5.45. The van der Waals surface area contributed by atoms with Crippen LogP contribution in [-0.2, 0) is 6.54 Å². The van der Waals surface area contributed by atoms with E-state index >= 15 is 0 Å². The normalized spacial score (nSPS) is 25.0. The van der Waals surface area contributed by atoms with Gasteiger partial charge in [-0.3, -0.25) is 4.98 Å². The van der Waals surface area contributed by atoms with Gasteiger partial charge in [0.15, 0.2) is 0 Å². The molecule has 0 saturated carbocycles. The van der Waals surface area contributed by atoms with Gasteiger partial charge in [-0.15, -0.1) is 0 Å². The van der Waals surface area contributed by atoms with Crippen molar-refractivity contribution in [3.05, 3.63) is 18.1 Å². The molecule has 17 heavy (non-hydrogen) atoms. The molecule has 0 aromatic carbocycles. The standard InChI is InChI=1S/C13H22N4/c1-10-5-4-6-17(11(10)2)13-9-15-8-12(16-13)7-14-3/h8-11,14H,4-7H2,1-3H3. The Morgan fingerprint density at radius 1 is 1.41 bits per heavy atom. The smallest absolute Gasteiger partial charge is 0.147 e. The van der Waals surface area contributed by atoms with Crippen molar-refractivity contribution in [2.45, 2.75) is 39.3 Å². The van der Waals surface area contributed by atoms with Crippen LogP contribution in [0.3, 0.4) is 0 Å². The predicted octanol–water partition coefficient (Wildman–Crippen LogP) is 1.82. The molecule has 2 unspecified atom stereocenters. The van der Waals surface area contributed by atoms with E-state index in [0.29, 0.717) is 6.04 Å². The molecule has 0 aliphatic carbocycles. The quantitative estimate of drug-likeness (QED) is 0.866. The number of piperidine rings is 1. The van der Waals surface area contributed by atoms with Crippen molar-refractivity contribution in [3.8, 4) is 0 Å². The number of nitrogens with one attached hydrogen (secondary N) is 1. The molecule has 1 aliphatic heterocycles. The van der Waals surface area contributed by atoms with Gasteiger partial charge in [-0.1, -0.05) is 6.92 Å². The van der Waals surface area contributed by atoms with Gasteiger partial charge in [0.2, 0.25) is 0 Å². The van der Waals surface area contributed by atoms with Crippen molar-refractivity contribution < 1.29 is 0 Å². The maximum Gasteiger partial charge on any atom is 0.147 e.